The van der Waals surface area contributed by atoms with Crippen molar-refractivity contribution in [2.45, 2.75) is 25.8 Å². The lowest BCUT2D eigenvalue weighted by Gasteiger charge is -2.24. The summed E-state index contributed by atoms with van der Waals surface area (Å²) in [6, 6.07) is 1.05. The van der Waals surface area contributed by atoms with E-state index in [1.165, 1.54) is 19.1 Å². The van der Waals surface area contributed by atoms with Crippen molar-refractivity contribution in [3.05, 3.63) is 12.0 Å². The molecule has 0 spiro atoms. The number of esters is 1. The molecular weight excluding hydrogens is 246 g/mol. The number of fused-ring (bicyclic) bond motifs is 1. The fourth-order valence-corrected chi connectivity index (χ4v) is 2.91. The van der Waals surface area contributed by atoms with E-state index in [2.05, 4.69) is 15.2 Å². The number of nitrogens with one attached hydrogen (secondary N) is 1. The zero-order valence-electron chi connectivity index (χ0n) is 11.1. The third kappa shape index (κ3) is 2.45. The van der Waals surface area contributed by atoms with Crippen molar-refractivity contribution in [2.75, 3.05) is 31.1 Å². The quantitative estimate of drug-likeness (QED) is 0.824. The second-order valence-corrected chi connectivity index (χ2v) is 5.10. The molecule has 0 amide bonds. The number of hydrogen-bond donors (Lipinski definition) is 1. The summed E-state index contributed by atoms with van der Waals surface area (Å²) in [5, 5.41) is 3.53. The maximum Gasteiger partial charge on any atom is 0.360 e. The van der Waals surface area contributed by atoms with Crippen LogP contribution in [-0.4, -0.2) is 43.2 Å². The van der Waals surface area contributed by atoms with Gasteiger partial charge in [-0.2, -0.15) is 4.98 Å². The predicted octanol–water partition coefficient (Wildman–Crippen LogP) is 1.04. The van der Waals surface area contributed by atoms with E-state index < -0.39 is 5.97 Å². The first-order valence-electron chi connectivity index (χ1n) is 6.89. The highest BCUT2D eigenvalue weighted by molar-refractivity contribution is 5.87. The van der Waals surface area contributed by atoms with E-state index in [-0.39, 0.29) is 5.69 Å². The van der Waals surface area contributed by atoms with Gasteiger partial charge in [0.15, 0.2) is 5.69 Å². The van der Waals surface area contributed by atoms with Gasteiger partial charge in [-0.05, 0) is 32.2 Å². The third-order valence-corrected chi connectivity index (χ3v) is 3.85. The summed E-state index contributed by atoms with van der Waals surface area (Å²) in [4.78, 5) is 17.9. The normalized spacial score (nSPS) is 26.3. The molecule has 1 aromatic heterocycles. The highest BCUT2D eigenvalue weighted by atomic mass is 16.5. The number of oxazole rings is 1. The van der Waals surface area contributed by atoms with Crippen LogP contribution in [0.15, 0.2) is 10.7 Å². The van der Waals surface area contributed by atoms with Crippen LogP contribution in [0.3, 0.4) is 0 Å². The van der Waals surface area contributed by atoms with E-state index in [1.54, 1.807) is 6.92 Å². The van der Waals surface area contributed by atoms with Crippen LogP contribution in [0.1, 0.15) is 30.3 Å². The average molecular weight is 265 g/mol. The Morgan fingerprint density at radius 2 is 2.53 bits per heavy atom. The van der Waals surface area contributed by atoms with E-state index in [9.17, 15) is 4.79 Å². The molecule has 3 heterocycles. The number of carbonyl (C=O) groups excluding carboxylic acids is 1. The maximum absolute atomic E-state index is 11.5. The van der Waals surface area contributed by atoms with Crippen LogP contribution >= 0.6 is 0 Å². The number of hydrogen-bond acceptors (Lipinski definition) is 6. The first-order valence-corrected chi connectivity index (χ1v) is 6.89. The van der Waals surface area contributed by atoms with Crippen molar-refractivity contribution < 1.29 is 13.9 Å². The zero-order valence-corrected chi connectivity index (χ0v) is 11.1. The first-order chi connectivity index (χ1) is 9.28. The summed E-state index contributed by atoms with van der Waals surface area (Å²) in [7, 11) is 0. The Morgan fingerprint density at radius 1 is 1.63 bits per heavy atom. The van der Waals surface area contributed by atoms with E-state index in [1.807, 2.05) is 0 Å². The van der Waals surface area contributed by atoms with Crippen molar-refractivity contribution in [1.29, 1.82) is 0 Å². The minimum absolute atomic E-state index is 0.250. The van der Waals surface area contributed by atoms with E-state index >= 15 is 0 Å². The molecule has 2 unspecified atom stereocenters. The van der Waals surface area contributed by atoms with Crippen LogP contribution in [0.5, 0.6) is 0 Å². The van der Waals surface area contributed by atoms with Gasteiger partial charge in [0, 0.05) is 19.1 Å². The molecule has 6 nitrogen and oxygen atoms in total. The second-order valence-electron chi connectivity index (χ2n) is 5.10. The van der Waals surface area contributed by atoms with Crippen LogP contribution in [0.4, 0.5) is 6.01 Å². The molecule has 2 atom stereocenters. The van der Waals surface area contributed by atoms with Gasteiger partial charge >= 0.3 is 5.97 Å². The number of rotatable bonds is 3. The van der Waals surface area contributed by atoms with Crippen molar-refractivity contribution in [3.63, 3.8) is 0 Å². The molecule has 3 rings (SSSR count). The zero-order chi connectivity index (χ0) is 13.2. The smallest absolute Gasteiger partial charge is 0.360 e. The van der Waals surface area contributed by atoms with Crippen molar-refractivity contribution in [1.82, 2.24) is 10.3 Å². The summed E-state index contributed by atoms with van der Waals surface area (Å²) >= 11 is 0. The summed E-state index contributed by atoms with van der Waals surface area (Å²) in [5.74, 6) is 0.235. The van der Waals surface area contributed by atoms with Gasteiger partial charge in [0.1, 0.15) is 6.26 Å². The van der Waals surface area contributed by atoms with Crippen LogP contribution in [0.25, 0.3) is 0 Å². The molecule has 2 aliphatic rings. The largest absolute Gasteiger partial charge is 0.461 e. The van der Waals surface area contributed by atoms with Gasteiger partial charge < -0.3 is 19.4 Å². The Morgan fingerprint density at radius 3 is 3.32 bits per heavy atom. The van der Waals surface area contributed by atoms with Gasteiger partial charge in [0.25, 0.3) is 6.01 Å². The number of ether oxygens (including phenoxy) is 1. The Kier molecular flexibility index (Phi) is 3.42. The van der Waals surface area contributed by atoms with Gasteiger partial charge in [-0.25, -0.2) is 4.79 Å². The van der Waals surface area contributed by atoms with E-state index in [0.717, 1.165) is 19.6 Å². The molecule has 0 bridgehead atoms. The topological polar surface area (TPSA) is 67.6 Å². The predicted molar refractivity (Wildman–Crippen MR) is 69.2 cm³/mol. The molecule has 1 aromatic rings. The lowest BCUT2D eigenvalue weighted by molar-refractivity contribution is 0.0519. The van der Waals surface area contributed by atoms with Crippen LogP contribution in [-0.2, 0) is 4.74 Å². The SMILES string of the molecule is CCOC(=O)c1coc(N2CC3CCCNC3C2)n1. The summed E-state index contributed by atoms with van der Waals surface area (Å²) < 4.78 is 10.3. The number of piperidine rings is 1. The van der Waals surface area contributed by atoms with E-state index in [4.69, 9.17) is 9.15 Å². The Labute approximate surface area is 112 Å². The van der Waals surface area contributed by atoms with Crippen molar-refractivity contribution >= 4 is 12.0 Å². The molecule has 0 radical (unpaired) electrons. The molecule has 0 saturated carbocycles. The minimum atomic E-state index is -0.424. The standard InChI is InChI=1S/C13H19N3O3/c1-2-18-12(17)11-8-19-13(15-11)16-6-9-4-3-5-14-10(9)7-16/h8-10,14H,2-7H2,1H3. The summed E-state index contributed by atoms with van der Waals surface area (Å²) in [6.07, 6.45) is 3.86. The van der Waals surface area contributed by atoms with Gasteiger partial charge in [-0.3, -0.25) is 0 Å². The number of aromatic nitrogens is 1. The lowest BCUT2D eigenvalue weighted by Crippen LogP contribution is -2.40. The highest BCUT2D eigenvalue weighted by Crippen LogP contribution is 2.28. The van der Waals surface area contributed by atoms with Crippen molar-refractivity contribution in [2.24, 2.45) is 5.92 Å². The molecule has 0 aliphatic carbocycles. The Balaban J connectivity index is 1.68. The first kappa shape index (κ1) is 12.5. The number of nitrogens with zero attached hydrogens (tertiary/aromatic N) is 2. The van der Waals surface area contributed by atoms with Gasteiger partial charge in [0.2, 0.25) is 0 Å². The fraction of sp³-hybridized carbons (Fsp3) is 0.692. The number of carbonyl (C=O) groups is 1. The molecule has 1 N–H and O–H groups in total. The molecule has 19 heavy (non-hydrogen) atoms. The Hall–Kier alpha value is -1.56. The second kappa shape index (κ2) is 5.21. The molecule has 6 heteroatoms. The third-order valence-electron chi connectivity index (χ3n) is 3.85. The average Bonchev–Trinajstić information content (AvgIpc) is 3.05. The minimum Gasteiger partial charge on any atom is -0.461 e. The molecule has 2 saturated heterocycles. The molecule has 2 aliphatic heterocycles. The van der Waals surface area contributed by atoms with Gasteiger partial charge in [-0.1, -0.05) is 0 Å². The molecular formula is C13H19N3O3. The number of anilines is 1. The maximum atomic E-state index is 11.5. The van der Waals surface area contributed by atoms with Crippen LogP contribution in [0.2, 0.25) is 0 Å². The van der Waals surface area contributed by atoms with E-state index in [0.29, 0.717) is 24.6 Å². The lowest BCUT2D eigenvalue weighted by atomic mass is 9.94. The Bertz CT molecular complexity index is 446. The van der Waals surface area contributed by atoms with Gasteiger partial charge in [0.05, 0.1) is 6.61 Å². The molecule has 2 fully saturated rings. The van der Waals surface area contributed by atoms with Crippen LogP contribution in [0, 0.1) is 5.92 Å². The molecule has 0 aromatic carbocycles. The summed E-state index contributed by atoms with van der Waals surface area (Å²) in [5.41, 5.74) is 0.250. The highest BCUT2D eigenvalue weighted by Gasteiger charge is 2.36. The fourth-order valence-electron chi connectivity index (χ4n) is 2.91. The van der Waals surface area contributed by atoms with Crippen molar-refractivity contribution in [3.8, 4) is 0 Å². The van der Waals surface area contributed by atoms with Crippen LogP contribution < -0.4 is 10.2 Å². The molecule has 104 valence electrons. The van der Waals surface area contributed by atoms with Gasteiger partial charge in [-0.15, -0.1) is 0 Å². The monoisotopic (exact) mass is 265 g/mol. The summed E-state index contributed by atoms with van der Waals surface area (Å²) in [6.45, 7) is 5.05.